The van der Waals surface area contributed by atoms with E-state index in [4.69, 9.17) is 21.1 Å². The highest BCUT2D eigenvalue weighted by molar-refractivity contribution is 6.31. The van der Waals surface area contributed by atoms with Gasteiger partial charge in [-0.2, -0.15) is 0 Å². The normalized spacial score (nSPS) is 10.5. The fourth-order valence-electron chi connectivity index (χ4n) is 2.27. The maximum Gasteiger partial charge on any atom is 0.121 e. The highest BCUT2D eigenvalue weighted by Gasteiger charge is 2.00. The summed E-state index contributed by atoms with van der Waals surface area (Å²) in [6, 6.07) is 16.0. The molecule has 0 radical (unpaired) electrons. The summed E-state index contributed by atoms with van der Waals surface area (Å²) in [7, 11) is 0. The quantitative estimate of drug-likeness (QED) is 0.633. The molecule has 0 heterocycles. The van der Waals surface area contributed by atoms with Crippen LogP contribution in [0.25, 0.3) is 0 Å². The summed E-state index contributed by atoms with van der Waals surface area (Å²) in [5.41, 5.74) is 2.27. The Balaban J connectivity index is 1.72. The van der Waals surface area contributed by atoms with Crippen molar-refractivity contribution >= 4 is 17.3 Å². The summed E-state index contributed by atoms with van der Waals surface area (Å²) in [5, 5.41) is 4.27. The zero-order chi connectivity index (χ0) is 16.3. The number of halogens is 1. The second-order valence-corrected chi connectivity index (χ2v) is 5.60. The number of ether oxygens (including phenoxy) is 2. The smallest absolute Gasteiger partial charge is 0.121 e. The molecule has 0 bridgehead atoms. The zero-order valence-corrected chi connectivity index (χ0v) is 14.3. The lowest BCUT2D eigenvalue weighted by Gasteiger charge is -2.10. The van der Waals surface area contributed by atoms with Crippen LogP contribution < -0.4 is 10.1 Å². The van der Waals surface area contributed by atoms with Crippen LogP contribution in [0.1, 0.15) is 18.9 Å². The predicted octanol–water partition coefficient (Wildman–Crippen LogP) is 4.80. The van der Waals surface area contributed by atoms with Crippen molar-refractivity contribution in [2.75, 3.05) is 31.7 Å². The molecule has 0 saturated carbocycles. The minimum Gasteiger partial charge on any atom is -0.491 e. The molecule has 0 aromatic heterocycles. The first-order valence-corrected chi connectivity index (χ1v) is 8.45. The van der Waals surface area contributed by atoms with E-state index in [1.54, 1.807) is 0 Å². The van der Waals surface area contributed by atoms with Crippen LogP contribution in [-0.2, 0) is 11.2 Å². The van der Waals surface area contributed by atoms with Crippen LogP contribution in [0.4, 0.5) is 5.69 Å². The van der Waals surface area contributed by atoms with E-state index >= 15 is 0 Å². The maximum absolute atomic E-state index is 6.16. The van der Waals surface area contributed by atoms with Crippen molar-refractivity contribution in [2.45, 2.75) is 19.8 Å². The fraction of sp³-hybridized carbons (Fsp3) is 0.368. The largest absolute Gasteiger partial charge is 0.491 e. The standard InChI is InChI=1S/C19H24ClNO2/c1-2-22-13-14-23-18-10-5-9-17(15-18)21-12-6-8-16-7-3-4-11-19(16)20/h3-5,7,9-11,15,21H,2,6,8,12-14H2,1H3. The minimum absolute atomic E-state index is 0.573. The molecule has 0 spiro atoms. The lowest BCUT2D eigenvalue weighted by molar-refractivity contribution is 0.110. The summed E-state index contributed by atoms with van der Waals surface area (Å²) >= 11 is 6.16. The van der Waals surface area contributed by atoms with E-state index in [1.807, 2.05) is 49.4 Å². The Hall–Kier alpha value is -1.71. The number of hydrogen-bond donors (Lipinski definition) is 1. The van der Waals surface area contributed by atoms with Gasteiger partial charge in [-0.15, -0.1) is 0 Å². The molecule has 3 nitrogen and oxygen atoms in total. The van der Waals surface area contributed by atoms with Crippen LogP contribution in [0.5, 0.6) is 5.75 Å². The molecule has 2 aromatic carbocycles. The second kappa shape index (κ2) is 10.1. The molecule has 1 N–H and O–H groups in total. The lowest BCUT2D eigenvalue weighted by atomic mass is 10.1. The topological polar surface area (TPSA) is 30.5 Å². The number of rotatable bonds is 10. The summed E-state index contributed by atoms with van der Waals surface area (Å²) in [4.78, 5) is 0. The summed E-state index contributed by atoms with van der Waals surface area (Å²) < 4.78 is 10.9. The summed E-state index contributed by atoms with van der Waals surface area (Å²) in [5.74, 6) is 0.862. The molecule has 4 heteroatoms. The van der Waals surface area contributed by atoms with E-state index in [0.717, 1.165) is 42.5 Å². The van der Waals surface area contributed by atoms with E-state index in [2.05, 4.69) is 11.4 Å². The van der Waals surface area contributed by atoms with Crippen LogP contribution >= 0.6 is 11.6 Å². The Kier molecular flexibility index (Phi) is 7.78. The van der Waals surface area contributed by atoms with Crippen molar-refractivity contribution in [3.05, 3.63) is 59.1 Å². The molecular formula is C19H24ClNO2. The number of nitrogens with one attached hydrogen (secondary N) is 1. The molecule has 2 aromatic rings. The highest BCUT2D eigenvalue weighted by Crippen LogP contribution is 2.19. The molecular weight excluding hydrogens is 310 g/mol. The first-order valence-electron chi connectivity index (χ1n) is 8.07. The zero-order valence-electron chi connectivity index (χ0n) is 13.6. The second-order valence-electron chi connectivity index (χ2n) is 5.19. The van der Waals surface area contributed by atoms with Crippen LogP contribution in [-0.4, -0.2) is 26.4 Å². The van der Waals surface area contributed by atoms with Crippen molar-refractivity contribution in [3.8, 4) is 5.75 Å². The van der Waals surface area contributed by atoms with Crippen molar-refractivity contribution < 1.29 is 9.47 Å². The molecule has 0 aliphatic rings. The summed E-state index contributed by atoms with van der Waals surface area (Å²) in [6.45, 7) is 4.78. The van der Waals surface area contributed by atoms with E-state index in [9.17, 15) is 0 Å². The average Bonchev–Trinajstić information content (AvgIpc) is 2.57. The van der Waals surface area contributed by atoms with Crippen LogP contribution in [0.15, 0.2) is 48.5 Å². The van der Waals surface area contributed by atoms with Gasteiger partial charge >= 0.3 is 0 Å². The van der Waals surface area contributed by atoms with Gasteiger partial charge in [0.2, 0.25) is 0 Å². The Labute approximate surface area is 143 Å². The molecule has 0 fully saturated rings. The van der Waals surface area contributed by atoms with E-state index in [-0.39, 0.29) is 0 Å². The van der Waals surface area contributed by atoms with Gasteiger partial charge in [-0.05, 0) is 43.5 Å². The van der Waals surface area contributed by atoms with Gasteiger partial charge in [-0.3, -0.25) is 0 Å². The minimum atomic E-state index is 0.573. The molecule has 0 unspecified atom stereocenters. The molecule has 0 amide bonds. The average molecular weight is 334 g/mol. The van der Waals surface area contributed by atoms with Gasteiger partial charge < -0.3 is 14.8 Å². The summed E-state index contributed by atoms with van der Waals surface area (Å²) in [6.07, 6.45) is 2.00. The maximum atomic E-state index is 6.16. The predicted molar refractivity (Wildman–Crippen MR) is 96.7 cm³/mol. The van der Waals surface area contributed by atoms with Gasteiger partial charge in [0, 0.05) is 29.9 Å². The van der Waals surface area contributed by atoms with Gasteiger partial charge in [0.1, 0.15) is 12.4 Å². The Bertz CT molecular complexity index is 589. The molecule has 0 aliphatic heterocycles. The third-order valence-corrected chi connectivity index (χ3v) is 3.81. The number of benzene rings is 2. The third-order valence-electron chi connectivity index (χ3n) is 3.44. The van der Waals surface area contributed by atoms with Crippen molar-refractivity contribution in [1.29, 1.82) is 0 Å². The highest BCUT2D eigenvalue weighted by atomic mass is 35.5. The van der Waals surface area contributed by atoms with E-state index in [0.29, 0.717) is 13.2 Å². The van der Waals surface area contributed by atoms with Crippen molar-refractivity contribution in [2.24, 2.45) is 0 Å². The first kappa shape index (κ1) is 17.6. The van der Waals surface area contributed by atoms with Gasteiger partial charge in [-0.25, -0.2) is 0 Å². The Morgan fingerprint density at radius 1 is 1.04 bits per heavy atom. The van der Waals surface area contributed by atoms with Crippen LogP contribution in [0, 0.1) is 0 Å². The molecule has 0 saturated heterocycles. The van der Waals surface area contributed by atoms with Crippen LogP contribution in [0.2, 0.25) is 5.02 Å². The monoisotopic (exact) mass is 333 g/mol. The van der Waals surface area contributed by atoms with Gasteiger partial charge in [0.05, 0.1) is 6.61 Å². The Morgan fingerprint density at radius 2 is 1.91 bits per heavy atom. The lowest BCUT2D eigenvalue weighted by Crippen LogP contribution is -2.07. The molecule has 124 valence electrons. The molecule has 23 heavy (non-hydrogen) atoms. The van der Waals surface area contributed by atoms with Crippen molar-refractivity contribution in [3.63, 3.8) is 0 Å². The molecule has 0 aliphatic carbocycles. The van der Waals surface area contributed by atoms with E-state index < -0.39 is 0 Å². The third kappa shape index (κ3) is 6.51. The number of anilines is 1. The van der Waals surface area contributed by atoms with Gasteiger partial charge in [0.25, 0.3) is 0 Å². The number of hydrogen-bond acceptors (Lipinski definition) is 3. The van der Waals surface area contributed by atoms with E-state index in [1.165, 1.54) is 5.56 Å². The fourth-order valence-corrected chi connectivity index (χ4v) is 2.50. The molecule has 2 rings (SSSR count). The van der Waals surface area contributed by atoms with Gasteiger partial charge in [0.15, 0.2) is 0 Å². The van der Waals surface area contributed by atoms with Crippen molar-refractivity contribution in [1.82, 2.24) is 0 Å². The van der Waals surface area contributed by atoms with Crippen LogP contribution in [0.3, 0.4) is 0 Å². The SMILES string of the molecule is CCOCCOc1cccc(NCCCc2ccccc2Cl)c1. The number of aryl methyl sites for hydroxylation is 1. The first-order chi connectivity index (χ1) is 11.3. The Morgan fingerprint density at radius 3 is 2.74 bits per heavy atom. The molecule has 0 atom stereocenters. The van der Waals surface area contributed by atoms with Gasteiger partial charge in [-0.1, -0.05) is 35.9 Å².